The third-order valence-corrected chi connectivity index (χ3v) is 14.0. The van der Waals surface area contributed by atoms with Crippen molar-refractivity contribution in [3.63, 3.8) is 0 Å². The molecule has 0 aromatic heterocycles. The Balaban J connectivity index is 2.19. The lowest BCUT2D eigenvalue weighted by Gasteiger charge is -2.40. The summed E-state index contributed by atoms with van der Waals surface area (Å²) in [4.78, 5) is 13.1. The van der Waals surface area contributed by atoms with Gasteiger partial charge in [-0.1, -0.05) is 256 Å². The molecule has 7 unspecified atom stereocenters. The number of aliphatic hydroxyl groups excluding tert-OH is 5. The number of aliphatic hydroxyl groups is 5. The Hall–Kier alpha value is -1.59. The molecule has 68 heavy (non-hydrogen) atoms. The third-order valence-electron chi connectivity index (χ3n) is 14.0. The normalized spacial score (nSPS) is 19.8. The molecule has 1 aliphatic heterocycles. The maximum Gasteiger partial charge on any atom is 0.220 e. The molecule has 0 aromatic rings. The molecule has 1 aliphatic rings. The van der Waals surface area contributed by atoms with Crippen molar-refractivity contribution < 1.29 is 39.8 Å². The fourth-order valence-corrected chi connectivity index (χ4v) is 9.35. The highest BCUT2D eigenvalue weighted by molar-refractivity contribution is 5.76. The van der Waals surface area contributed by atoms with Crippen LogP contribution in [0.1, 0.15) is 277 Å². The van der Waals surface area contributed by atoms with E-state index in [1.54, 1.807) is 0 Å². The van der Waals surface area contributed by atoms with Gasteiger partial charge in [0.2, 0.25) is 5.91 Å². The topological polar surface area (TPSA) is 149 Å². The summed E-state index contributed by atoms with van der Waals surface area (Å²) >= 11 is 0. The van der Waals surface area contributed by atoms with E-state index in [9.17, 15) is 30.3 Å². The van der Waals surface area contributed by atoms with Gasteiger partial charge in [0.1, 0.15) is 24.4 Å². The van der Waals surface area contributed by atoms with Crippen molar-refractivity contribution >= 4 is 5.91 Å². The molecule has 1 saturated heterocycles. The summed E-state index contributed by atoms with van der Waals surface area (Å²) < 4.78 is 11.3. The van der Waals surface area contributed by atoms with E-state index in [2.05, 4.69) is 55.6 Å². The van der Waals surface area contributed by atoms with E-state index in [0.29, 0.717) is 12.8 Å². The van der Waals surface area contributed by atoms with Gasteiger partial charge in [-0.15, -0.1) is 0 Å². The Morgan fingerprint density at radius 1 is 0.500 bits per heavy atom. The molecule has 7 atom stereocenters. The SMILES string of the molecule is CCCCCCC/C=C\C/C=C\C/C=C\CCCCCCCCCCCCCCC(=O)NC(COC1OC(CO)C(O)C(O)C1O)C(O)CCCCCCCCCCCCCCCCCCCC. The van der Waals surface area contributed by atoms with Crippen LogP contribution >= 0.6 is 0 Å². The van der Waals surface area contributed by atoms with Crippen LogP contribution in [0.5, 0.6) is 0 Å². The molecular formula is C59H111NO8. The molecule has 1 rings (SSSR count). The van der Waals surface area contributed by atoms with Crippen LogP contribution in [0.2, 0.25) is 0 Å². The largest absolute Gasteiger partial charge is 0.394 e. The van der Waals surface area contributed by atoms with Gasteiger partial charge in [-0.2, -0.15) is 0 Å². The zero-order chi connectivity index (χ0) is 49.4. The lowest BCUT2D eigenvalue weighted by Crippen LogP contribution is -2.60. The maximum absolute atomic E-state index is 13.1. The first-order chi connectivity index (χ1) is 33.3. The number of hydrogen-bond donors (Lipinski definition) is 6. The molecule has 0 spiro atoms. The van der Waals surface area contributed by atoms with E-state index >= 15 is 0 Å². The van der Waals surface area contributed by atoms with Crippen LogP contribution in [0, 0.1) is 0 Å². The quantitative estimate of drug-likeness (QED) is 0.0261. The van der Waals surface area contributed by atoms with Crippen molar-refractivity contribution in [2.24, 2.45) is 0 Å². The van der Waals surface area contributed by atoms with Crippen molar-refractivity contribution in [3.05, 3.63) is 36.5 Å². The molecule has 9 heteroatoms. The van der Waals surface area contributed by atoms with Gasteiger partial charge < -0.3 is 40.3 Å². The first kappa shape index (κ1) is 64.4. The standard InChI is InChI=1S/C59H111NO8/c1-3-5-7-9-11-13-15-17-19-21-23-24-25-26-27-28-29-30-31-33-35-37-39-41-43-45-47-49-55(63)60-52(51-67-59-58(66)57(65)56(64)54(50-61)68-59)53(62)48-46-44-42-40-38-36-34-32-22-20-18-16-14-12-10-8-6-4-2/h15,17,21,23,25-26,52-54,56-59,61-62,64-66H,3-14,16,18-20,22,24,27-51H2,1-2H3,(H,60,63)/b17-15-,23-21-,26-25-. The van der Waals surface area contributed by atoms with Gasteiger partial charge in [-0.05, 0) is 51.4 Å². The minimum atomic E-state index is -1.55. The number of ether oxygens (including phenoxy) is 2. The highest BCUT2D eigenvalue weighted by Gasteiger charge is 2.44. The molecule has 0 aliphatic carbocycles. The summed E-state index contributed by atoms with van der Waals surface area (Å²) in [6.45, 7) is 3.85. The lowest BCUT2D eigenvalue weighted by atomic mass is 9.99. The van der Waals surface area contributed by atoms with Gasteiger partial charge >= 0.3 is 0 Å². The first-order valence-electron chi connectivity index (χ1n) is 29.2. The van der Waals surface area contributed by atoms with Crippen LogP contribution in [0.4, 0.5) is 0 Å². The molecule has 9 nitrogen and oxygen atoms in total. The average Bonchev–Trinajstić information content (AvgIpc) is 3.34. The van der Waals surface area contributed by atoms with Gasteiger partial charge in [0.15, 0.2) is 6.29 Å². The molecule has 400 valence electrons. The molecule has 0 bridgehead atoms. The van der Waals surface area contributed by atoms with Gasteiger partial charge in [0, 0.05) is 6.42 Å². The van der Waals surface area contributed by atoms with Crippen LogP contribution in [0.15, 0.2) is 36.5 Å². The summed E-state index contributed by atoms with van der Waals surface area (Å²) in [6, 6.07) is -0.720. The van der Waals surface area contributed by atoms with Crippen molar-refractivity contribution in [2.45, 2.75) is 320 Å². The Kier molecular flexibility index (Phi) is 46.4. The van der Waals surface area contributed by atoms with Crippen LogP contribution in [0.25, 0.3) is 0 Å². The van der Waals surface area contributed by atoms with Gasteiger partial charge in [0.25, 0.3) is 0 Å². The molecule has 0 aromatic carbocycles. The summed E-state index contributed by atoms with van der Waals surface area (Å²) in [5.74, 6) is -0.144. The maximum atomic E-state index is 13.1. The highest BCUT2D eigenvalue weighted by atomic mass is 16.7. The summed E-state index contributed by atoms with van der Waals surface area (Å²) in [5, 5.41) is 54.7. The van der Waals surface area contributed by atoms with Crippen molar-refractivity contribution in [3.8, 4) is 0 Å². The van der Waals surface area contributed by atoms with Crippen LogP contribution < -0.4 is 5.32 Å². The number of allylic oxidation sites excluding steroid dienone is 6. The van der Waals surface area contributed by atoms with Crippen molar-refractivity contribution in [2.75, 3.05) is 13.2 Å². The Morgan fingerprint density at radius 2 is 0.868 bits per heavy atom. The van der Waals surface area contributed by atoms with E-state index in [0.717, 1.165) is 51.4 Å². The number of unbranched alkanes of at least 4 members (excludes halogenated alkanes) is 34. The Labute approximate surface area is 419 Å². The number of nitrogens with one attached hydrogen (secondary N) is 1. The number of hydrogen-bond acceptors (Lipinski definition) is 8. The van der Waals surface area contributed by atoms with Crippen molar-refractivity contribution in [1.29, 1.82) is 0 Å². The van der Waals surface area contributed by atoms with E-state index in [4.69, 9.17) is 9.47 Å². The van der Waals surface area contributed by atoms with Crippen molar-refractivity contribution in [1.82, 2.24) is 5.32 Å². The molecule has 1 fully saturated rings. The molecule has 0 saturated carbocycles. The molecule has 6 N–H and O–H groups in total. The van der Waals surface area contributed by atoms with E-state index in [1.807, 2.05) is 0 Å². The Morgan fingerprint density at radius 3 is 1.28 bits per heavy atom. The minimum Gasteiger partial charge on any atom is -0.394 e. The van der Waals surface area contributed by atoms with Crippen LogP contribution in [-0.4, -0.2) is 87.5 Å². The first-order valence-corrected chi connectivity index (χ1v) is 29.2. The molecule has 0 radical (unpaired) electrons. The monoisotopic (exact) mass is 962 g/mol. The van der Waals surface area contributed by atoms with Crippen LogP contribution in [0.3, 0.4) is 0 Å². The zero-order valence-corrected chi connectivity index (χ0v) is 44.4. The van der Waals surface area contributed by atoms with E-state index in [1.165, 1.54) is 199 Å². The van der Waals surface area contributed by atoms with E-state index < -0.39 is 49.5 Å². The summed E-state index contributed by atoms with van der Waals surface area (Å²) in [7, 11) is 0. The van der Waals surface area contributed by atoms with Gasteiger partial charge in [-0.3, -0.25) is 4.79 Å². The van der Waals surface area contributed by atoms with Crippen LogP contribution in [-0.2, 0) is 14.3 Å². The number of amides is 1. The second-order valence-corrected chi connectivity index (χ2v) is 20.4. The second-order valence-electron chi connectivity index (χ2n) is 20.4. The lowest BCUT2D eigenvalue weighted by molar-refractivity contribution is -0.302. The molecular weight excluding hydrogens is 851 g/mol. The predicted molar refractivity (Wildman–Crippen MR) is 286 cm³/mol. The highest BCUT2D eigenvalue weighted by Crippen LogP contribution is 2.23. The fourth-order valence-electron chi connectivity index (χ4n) is 9.35. The average molecular weight is 963 g/mol. The smallest absolute Gasteiger partial charge is 0.220 e. The number of rotatable bonds is 50. The summed E-state index contributed by atoms with van der Waals surface area (Å²) in [5.41, 5.74) is 0. The van der Waals surface area contributed by atoms with Gasteiger partial charge in [0.05, 0.1) is 25.4 Å². The second kappa shape index (κ2) is 49.0. The Bertz CT molecular complexity index is 1160. The van der Waals surface area contributed by atoms with Gasteiger partial charge in [-0.25, -0.2) is 0 Å². The zero-order valence-electron chi connectivity index (χ0n) is 44.4. The number of carbonyl (C=O) groups excluding carboxylic acids is 1. The number of carbonyl (C=O) groups is 1. The summed E-state index contributed by atoms with van der Waals surface area (Å²) in [6.07, 6.45) is 55.9. The molecule has 1 heterocycles. The fraction of sp³-hybridized carbons (Fsp3) is 0.881. The minimum absolute atomic E-state index is 0.137. The molecule has 1 amide bonds. The predicted octanol–water partition coefficient (Wildman–Crippen LogP) is 14.4. The third kappa shape index (κ3) is 38.1. The van der Waals surface area contributed by atoms with E-state index in [-0.39, 0.29) is 12.5 Å².